The van der Waals surface area contributed by atoms with Crippen LogP contribution in [0.15, 0.2) is 24.3 Å². The first-order valence-electron chi connectivity index (χ1n) is 6.08. The van der Waals surface area contributed by atoms with Gasteiger partial charge in [0.1, 0.15) is 0 Å². The summed E-state index contributed by atoms with van der Waals surface area (Å²) in [6.45, 7) is 3.80. The van der Waals surface area contributed by atoms with Crippen LogP contribution in [0.2, 0.25) is 0 Å². The zero-order valence-corrected chi connectivity index (χ0v) is 10.2. The molecule has 0 radical (unpaired) electrons. The first kappa shape index (κ1) is 13.0. The van der Waals surface area contributed by atoms with E-state index in [1.807, 2.05) is 12.1 Å². The smallest absolute Gasteiger partial charge is 0.211 e. The van der Waals surface area contributed by atoms with Crippen LogP contribution in [-0.4, -0.2) is 49.3 Å². The summed E-state index contributed by atoms with van der Waals surface area (Å²) in [6, 6.07) is 7.23. The van der Waals surface area contributed by atoms with Gasteiger partial charge in [0, 0.05) is 25.3 Å². The Labute approximate surface area is 106 Å². The number of nitrogens with one attached hydrogen (secondary N) is 1. The van der Waals surface area contributed by atoms with Gasteiger partial charge in [-0.3, -0.25) is 9.69 Å². The van der Waals surface area contributed by atoms with Crippen LogP contribution in [0.4, 0.5) is 5.69 Å². The van der Waals surface area contributed by atoms with Crippen molar-refractivity contribution in [2.24, 2.45) is 0 Å². The summed E-state index contributed by atoms with van der Waals surface area (Å²) < 4.78 is 5.26. The molecule has 1 aromatic carbocycles. The molecule has 2 N–H and O–H groups in total. The van der Waals surface area contributed by atoms with Gasteiger partial charge in [-0.15, -0.1) is 0 Å². The second-order valence-corrected chi connectivity index (χ2v) is 4.31. The molecule has 0 saturated carbocycles. The van der Waals surface area contributed by atoms with Gasteiger partial charge in [-0.1, -0.05) is 12.1 Å². The minimum absolute atomic E-state index is 0.506. The quantitative estimate of drug-likeness (QED) is 0.752. The van der Waals surface area contributed by atoms with Crippen LogP contribution < -0.4 is 5.32 Å². The van der Waals surface area contributed by atoms with Crippen molar-refractivity contribution in [3.05, 3.63) is 29.8 Å². The minimum Gasteiger partial charge on any atom is -0.387 e. The molecule has 1 fully saturated rings. The molecule has 1 amide bonds. The van der Waals surface area contributed by atoms with Gasteiger partial charge < -0.3 is 15.2 Å². The van der Waals surface area contributed by atoms with E-state index in [0.29, 0.717) is 13.0 Å². The number of hydrogen-bond acceptors (Lipinski definition) is 4. The minimum atomic E-state index is -0.506. The number of hydrogen-bond donors (Lipinski definition) is 2. The molecule has 1 aromatic rings. The molecule has 0 aliphatic carbocycles. The molecule has 1 saturated heterocycles. The van der Waals surface area contributed by atoms with Crippen molar-refractivity contribution in [3.63, 3.8) is 0 Å². The molecule has 0 spiro atoms. The fourth-order valence-corrected chi connectivity index (χ4v) is 2.00. The Morgan fingerprint density at radius 2 is 2.00 bits per heavy atom. The second-order valence-electron chi connectivity index (χ2n) is 4.31. The van der Waals surface area contributed by atoms with Gasteiger partial charge in [-0.05, 0) is 17.7 Å². The van der Waals surface area contributed by atoms with E-state index in [2.05, 4.69) is 10.2 Å². The van der Waals surface area contributed by atoms with E-state index in [9.17, 15) is 9.90 Å². The van der Waals surface area contributed by atoms with Crippen molar-refractivity contribution in [2.75, 3.05) is 38.2 Å². The Bertz CT molecular complexity index is 374. The van der Waals surface area contributed by atoms with E-state index in [1.54, 1.807) is 12.1 Å². The van der Waals surface area contributed by atoms with Crippen LogP contribution >= 0.6 is 0 Å². The van der Waals surface area contributed by atoms with Crippen molar-refractivity contribution in [1.29, 1.82) is 0 Å². The number of β-amino-alcohol motifs (C(OH)–C–C–N with tert-alkyl or cyclic N) is 1. The van der Waals surface area contributed by atoms with Gasteiger partial charge in [0.05, 0.1) is 19.3 Å². The summed E-state index contributed by atoms with van der Waals surface area (Å²) in [4.78, 5) is 12.5. The van der Waals surface area contributed by atoms with Gasteiger partial charge in [-0.25, -0.2) is 0 Å². The van der Waals surface area contributed by atoms with E-state index in [4.69, 9.17) is 4.74 Å². The van der Waals surface area contributed by atoms with Gasteiger partial charge in [0.25, 0.3) is 0 Å². The van der Waals surface area contributed by atoms with E-state index >= 15 is 0 Å². The Hall–Kier alpha value is -1.43. The molecule has 1 atom stereocenters. The van der Waals surface area contributed by atoms with E-state index in [0.717, 1.165) is 37.6 Å². The summed E-state index contributed by atoms with van der Waals surface area (Å²) in [5, 5.41) is 12.7. The lowest BCUT2D eigenvalue weighted by Crippen LogP contribution is -2.38. The maximum Gasteiger partial charge on any atom is 0.211 e. The Morgan fingerprint density at radius 1 is 1.33 bits per heavy atom. The number of carbonyl (C=O) groups is 1. The van der Waals surface area contributed by atoms with Crippen molar-refractivity contribution >= 4 is 12.1 Å². The highest BCUT2D eigenvalue weighted by atomic mass is 16.5. The summed E-state index contributed by atoms with van der Waals surface area (Å²) in [7, 11) is 0. The highest BCUT2D eigenvalue weighted by molar-refractivity contribution is 5.71. The molecular formula is C13H18N2O3. The van der Waals surface area contributed by atoms with Gasteiger partial charge in [-0.2, -0.15) is 0 Å². The van der Waals surface area contributed by atoms with Crippen LogP contribution in [0, 0.1) is 0 Å². The molecule has 5 nitrogen and oxygen atoms in total. The SMILES string of the molecule is O=CNc1ccc(C(O)CN2CCOCC2)cc1. The molecule has 1 aliphatic rings. The lowest BCUT2D eigenvalue weighted by atomic mass is 10.1. The normalized spacial score (nSPS) is 18.3. The average Bonchev–Trinajstić information content (AvgIpc) is 2.41. The molecule has 1 unspecified atom stereocenters. The fraction of sp³-hybridized carbons (Fsp3) is 0.462. The van der Waals surface area contributed by atoms with Crippen molar-refractivity contribution in [3.8, 4) is 0 Å². The van der Waals surface area contributed by atoms with E-state index < -0.39 is 6.10 Å². The van der Waals surface area contributed by atoms with Crippen molar-refractivity contribution in [1.82, 2.24) is 4.90 Å². The Morgan fingerprint density at radius 3 is 2.61 bits per heavy atom. The number of aliphatic hydroxyl groups excluding tert-OH is 1. The number of carbonyl (C=O) groups excluding carboxylic acids is 1. The number of anilines is 1. The molecule has 0 bridgehead atoms. The monoisotopic (exact) mass is 250 g/mol. The highest BCUT2D eigenvalue weighted by Crippen LogP contribution is 2.17. The summed E-state index contributed by atoms with van der Waals surface area (Å²) >= 11 is 0. The first-order valence-corrected chi connectivity index (χ1v) is 6.08. The topological polar surface area (TPSA) is 61.8 Å². The maximum atomic E-state index is 10.3. The van der Waals surface area contributed by atoms with Gasteiger partial charge in [0.15, 0.2) is 0 Å². The van der Waals surface area contributed by atoms with Gasteiger partial charge >= 0.3 is 0 Å². The number of ether oxygens (including phenoxy) is 1. The Kier molecular flexibility index (Phi) is 4.69. The zero-order chi connectivity index (χ0) is 12.8. The van der Waals surface area contributed by atoms with Crippen LogP contribution in [-0.2, 0) is 9.53 Å². The van der Waals surface area contributed by atoms with Crippen molar-refractivity contribution < 1.29 is 14.6 Å². The van der Waals surface area contributed by atoms with Crippen LogP contribution in [0.3, 0.4) is 0 Å². The number of nitrogens with zero attached hydrogens (tertiary/aromatic N) is 1. The number of rotatable bonds is 5. The highest BCUT2D eigenvalue weighted by Gasteiger charge is 2.15. The zero-order valence-electron chi connectivity index (χ0n) is 10.2. The standard InChI is InChI=1S/C13H18N2O3/c16-10-14-12-3-1-11(2-4-12)13(17)9-15-5-7-18-8-6-15/h1-4,10,13,17H,5-9H2,(H,14,16). The fourth-order valence-electron chi connectivity index (χ4n) is 2.00. The summed E-state index contributed by atoms with van der Waals surface area (Å²) in [5.74, 6) is 0. The predicted octanol–water partition coefficient (Wildman–Crippen LogP) is 0.620. The molecule has 1 heterocycles. The largest absolute Gasteiger partial charge is 0.387 e. The third kappa shape index (κ3) is 3.53. The predicted molar refractivity (Wildman–Crippen MR) is 68.3 cm³/mol. The molecular weight excluding hydrogens is 232 g/mol. The lowest BCUT2D eigenvalue weighted by molar-refractivity contribution is -0.105. The van der Waals surface area contributed by atoms with E-state index in [-0.39, 0.29) is 0 Å². The average molecular weight is 250 g/mol. The molecule has 0 aromatic heterocycles. The third-order valence-corrected chi connectivity index (χ3v) is 3.06. The van der Waals surface area contributed by atoms with Crippen LogP contribution in [0.5, 0.6) is 0 Å². The van der Waals surface area contributed by atoms with Crippen LogP contribution in [0.25, 0.3) is 0 Å². The van der Waals surface area contributed by atoms with Gasteiger partial charge in [0.2, 0.25) is 6.41 Å². The Balaban J connectivity index is 1.90. The van der Waals surface area contributed by atoms with Crippen LogP contribution in [0.1, 0.15) is 11.7 Å². The van der Waals surface area contributed by atoms with Crippen molar-refractivity contribution in [2.45, 2.75) is 6.10 Å². The second kappa shape index (κ2) is 6.49. The molecule has 5 heteroatoms. The third-order valence-electron chi connectivity index (χ3n) is 3.06. The lowest BCUT2D eigenvalue weighted by Gasteiger charge is -2.28. The first-order chi connectivity index (χ1) is 8.79. The molecule has 18 heavy (non-hydrogen) atoms. The summed E-state index contributed by atoms with van der Waals surface area (Å²) in [5.41, 5.74) is 1.59. The number of benzene rings is 1. The van der Waals surface area contributed by atoms with E-state index in [1.165, 1.54) is 0 Å². The number of amides is 1. The number of morpholine rings is 1. The number of aliphatic hydroxyl groups is 1. The summed E-state index contributed by atoms with van der Waals surface area (Å²) in [6.07, 6.45) is 0.132. The molecule has 1 aliphatic heterocycles. The maximum absolute atomic E-state index is 10.3. The molecule has 98 valence electrons. The molecule has 2 rings (SSSR count).